The van der Waals surface area contributed by atoms with E-state index in [0.29, 0.717) is 5.92 Å². The molecule has 2 heteroatoms. The van der Waals surface area contributed by atoms with Gasteiger partial charge in [0.05, 0.1) is 5.41 Å². The topological polar surface area (TPSA) is 37.3 Å². The molecule has 1 saturated carbocycles. The van der Waals surface area contributed by atoms with E-state index >= 15 is 0 Å². The number of carbonyl (C=O) groups is 1. The van der Waals surface area contributed by atoms with Gasteiger partial charge in [-0.15, -0.1) is 0 Å². The molecule has 2 atom stereocenters. The predicted octanol–water partition coefficient (Wildman–Crippen LogP) is 2.99. The molecule has 0 saturated heterocycles. The first kappa shape index (κ1) is 9.75. The molecule has 2 unspecified atom stereocenters. The van der Waals surface area contributed by atoms with Crippen molar-refractivity contribution in [3.05, 3.63) is 11.6 Å². The first-order chi connectivity index (χ1) is 6.71. The maximum absolute atomic E-state index is 11.3. The molecule has 0 aromatic heterocycles. The number of allylic oxidation sites excluding steroid dienone is 1. The van der Waals surface area contributed by atoms with Gasteiger partial charge in [0.1, 0.15) is 0 Å². The van der Waals surface area contributed by atoms with Crippen LogP contribution in [0.3, 0.4) is 0 Å². The smallest absolute Gasteiger partial charge is 0.314 e. The first-order valence-electron chi connectivity index (χ1n) is 5.64. The van der Waals surface area contributed by atoms with Crippen molar-refractivity contribution in [3.8, 4) is 0 Å². The van der Waals surface area contributed by atoms with Gasteiger partial charge >= 0.3 is 5.97 Å². The number of carboxylic acids is 1. The molecule has 2 rings (SSSR count). The predicted molar refractivity (Wildman–Crippen MR) is 55.0 cm³/mol. The zero-order valence-corrected chi connectivity index (χ0v) is 8.75. The molecule has 2 aliphatic carbocycles. The van der Waals surface area contributed by atoms with Gasteiger partial charge < -0.3 is 5.11 Å². The Hall–Kier alpha value is -0.790. The van der Waals surface area contributed by atoms with Crippen LogP contribution in [0.2, 0.25) is 0 Å². The maximum Gasteiger partial charge on any atom is 0.314 e. The summed E-state index contributed by atoms with van der Waals surface area (Å²) in [6.07, 6.45) is 8.58. The summed E-state index contributed by atoms with van der Waals surface area (Å²) in [7, 11) is 0. The molecular weight excluding hydrogens is 176 g/mol. The summed E-state index contributed by atoms with van der Waals surface area (Å²) in [5.41, 5.74) is 0.790. The summed E-state index contributed by atoms with van der Waals surface area (Å²) in [5.74, 6) is -0.179. The lowest BCUT2D eigenvalue weighted by atomic mass is 9.84. The Morgan fingerprint density at radius 3 is 2.86 bits per heavy atom. The second-order valence-electron chi connectivity index (χ2n) is 4.56. The maximum atomic E-state index is 11.3. The summed E-state index contributed by atoms with van der Waals surface area (Å²) in [6.45, 7) is 2.10. The van der Waals surface area contributed by atoms with Gasteiger partial charge in [0.25, 0.3) is 0 Å². The summed E-state index contributed by atoms with van der Waals surface area (Å²) in [5, 5.41) is 9.32. The minimum absolute atomic E-state index is 0.407. The van der Waals surface area contributed by atoms with Crippen LogP contribution in [-0.4, -0.2) is 11.1 Å². The second-order valence-corrected chi connectivity index (χ2v) is 4.56. The van der Waals surface area contributed by atoms with Crippen molar-refractivity contribution >= 4 is 5.97 Å². The molecule has 1 fully saturated rings. The third kappa shape index (κ3) is 1.28. The van der Waals surface area contributed by atoms with Gasteiger partial charge in [-0.2, -0.15) is 0 Å². The highest BCUT2D eigenvalue weighted by molar-refractivity contribution is 5.83. The van der Waals surface area contributed by atoms with Crippen molar-refractivity contribution in [2.45, 2.75) is 45.4 Å². The van der Waals surface area contributed by atoms with Gasteiger partial charge in [-0.3, -0.25) is 4.79 Å². The molecule has 0 aromatic carbocycles. The Morgan fingerprint density at radius 2 is 2.43 bits per heavy atom. The van der Waals surface area contributed by atoms with Crippen LogP contribution in [0.15, 0.2) is 11.6 Å². The lowest BCUT2D eigenvalue weighted by molar-refractivity contribution is -0.142. The van der Waals surface area contributed by atoms with E-state index in [9.17, 15) is 9.90 Å². The van der Waals surface area contributed by atoms with E-state index in [2.05, 4.69) is 13.0 Å². The molecular formula is C12H18O2. The highest BCUT2D eigenvalue weighted by Gasteiger charge is 2.61. The minimum atomic E-state index is -0.586. The van der Waals surface area contributed by atoms with E-state index < -0.39 is 11.4 Å². The molecule has 0 bridgehead atoms. The number of hydrogen-bond donors (Lipinski definition) is 1. The lowest BCUT2D eigenvalue weighted by Crippen LogP contribution is -2.21. The van der Waals surface area contributed by atoms with E-state index in [0.717, 1.165) is 25.7 Å². The Morgan fingerprint density at radius 1 is 1.64 bits per heavy atom. The number of hydrogen-bond acceptors (Lipinski definition) is 1. The summed E-state index contributed by atoms with van der Waals surface area (Å²) >= 11 is 0. The van der Waals surface area contributed by atoms with Crippen LogP contribution in [0.4, 0.5) is 0 Å². The van der Waals surface area contributed by atoms with Crippen LogP contribution in [0.25, 0.3) is 0 Å². The van der Waals surface area contributed by atoms with Gasteiger partial charge in [-0.25, -0.2) is 0 Å². The van der Waals surface area contributed by atoms with Crippen LogP contribution >= 0.6 is 0 Å². The third-order valence-corrected chi connectivity index (χ3v) is 3.84. The van der Waals surface area contributed by atoms with Crippen LogP contribution < -0.4 is 0 Å². The number of rotatable bonds is 3. The molecule has 78 valence electrons. The van der Waals surface area contributed by atoms with E-state index in [1.165, 1.54) is 18.4 Å². The van der Waals surface area contributed by atoms with E-state index in [-0.39, 0.29) is 0 Å². The van der Waals surface area contributed by atoms with E-state index in [4.69, 9.17) is 0 Å². The normalized spacial score (nSPS) is 36.4. The summed E-state index contributed by atoms with van der Waals surface area (Å²) < 4.78 is 0. The lowest BCUT2D eigenvalue weighted by Gasteiger charge is -2.20. The average Bonchev–Trinajstić information content (AvgIpc) is 2.94. The molecule has 0 radical (unpaired) electrons. The molecule has 2 nitrogen and oxygen atoms in total. The fraction of sp³-hybridized carbons (Fsp3) is 0.750. The number of carboxylic acid groups (broad SMARTS) is 1. The van der Waals surface area contributed by atoms with Crippen molar-refractivity contribution in [1.29, 1.82) is 0 Å². The molecule has 0 heterocycles. The highest BCUT2D eigenvalue weighted by atomic mass is 16.4. The van der Waals surface area contributed by atoms with Gasteiger partial charge in [-0.05, 0) is 38.0 Å². The summed E-state index contributed by atoms with van der Waals surface area (Å²) in [6, 6.07) is 0. The van der Waals surface area contributed by atoms with Crippen LogP contribution in [-0.2, 0) is 4.79 Å². The Kier molecular flexibility index (Phi) is 2.38. The van der Waals surface area contributed by atoms with Crippen molar-refractivity contribution in [1.82, 2.24) is 0 Å². The Balaban J connectivity index is 2.20. The van der Waals surface area contributed by atoms with Crippen molar-refractivity contribution in [3.63, 3.8) is 0 Å². The minimum Gasteiger partial charge on any atom is -0.481 e. The van der Waals surface area contributed by atoms with E-state index in [1.54, 1.807) is 0 Å². The van der Waals surface area contributed by atoms with Crippen molar-refractivity contribution in [2.24, 2.45) is 11.3 Å². The fourth-order valence-corrected chi connectivity index (χ4v) is 2.86. The molecule has 0 aromatic rings. The van der Waals surface area contributed by atoms with Gasteiger partial charge in [0.15, 0.2) is 0 Å². The fourth-order valence-electron chi connectivity index (χ4n) is 2.86. The Labute approximate surface area is 85.0 Å². The zero-order valence-electron chi connectivity index (χ0n) is 8.75. The Bertz CT molecular complexity index is 280. The van der Waals surface area contributed by atoms with Gasteiger partial charge in [-0.1, -0.05) is 25.0 Å². The third-order valence-electron chi connectivity index (χ3n) is 3.84. The zero-order chi connectivity index (χ0) is 10.2. The number of aliphatic carboxylic acids is 1. The van der Waals surface area contributed by atoms with Crippen LogP contribution in [0.5, 0.6) is 0 Å². The standard InChI is InChI=1S/C12H18O2/c1-2-9-8-12(9,11(13)14)10-6-4-3-5-7-10/h6,9H,2-5,7-8H2,1H3,(H,13,14). The summed E-state index contributed by atoms with van der Waals surface area (Å²) in [4.78, 5) is 11.3. The quantitative estimate of drug-likeness (QED) is 0.701. The monoisotopic (exact) mass is 194 g/mol. The van der Waals surface area contributed by atoms with Crippen LogP contribution in [0, 0.1) is 11.3 Å². The molecule has 0 spiro atoms. The highest BCUT2D eigenvalue weighted by Crippen LogP contribution is 2.61. The molecule has 0 amide bonds. The average molecular weight is 194 g/mol. The van der Waals surface area contributed by atoms with Crippen molar-refractivity contribution in [2.75, 3.05) is 0 Å². The van der Waals surface area contributed by atoms with Gasteiger partial charge in [0, 0.05) is 0 Å². The molecule has 0 aliphatic heterocycles. The molecule has 2 aliphatic rings. The largest absolute Gasteiger partial charge is 0.481 e. The van der Waals surface area contributed by atoms with E-state index in [1.807, 2.05) is 0 Å². The van der Waals surface area contributed by atoms with Crippen molar-refractivity contribution < 1.29 is 9.90 Å². The SMILES string of the molecule is CCC1CC1(C(=O)O)C1=CCCCC1. The molecule has 14 heavy (non-hydrogen) atoms. The second kappa shape index (κ2) is 3.41. The molecule has 1 N–H and O–H groups in total. The first-order valence-corrected chi connectivity index (χ1v) is 5.64. The van der Waals surface area contributed by atoms with Crippen LogP contribution in [0.1, 0.15) is 45.4 Å². The van der Waals surface area contributed by atoms with Gasteiger partial charge in [0.2, 0.25) is 0 Å².